The molecular weight excluding hydrogens is 394 g/mol. The van der Waals surface area contributed by atoms with E-state index in [4.69, 9.17) is 0 Å². The van der Waals surface area contributed by atoms with Crippen molar-refractivity contribution in [2.45, 2.75) is 45.1 Å². The number of aryl methyl sites for hydroxylation is 1. The summed E-state index contributed by atoms with van der Waals surface area (Å²) < 4.78 is 0. The Labute approximate surface area is 180 Å². The van der Waals surface area contributed by atoms with Crippen LogP contribution in [0.15, 0.2) is 48.7 Å². The molecule has 3 aromatic rings. The van der Waals surface area contributed by atoms with Gasteiger partial charge < -0.3 is 10.4 Å². The van der Waals surface area contributed by atoms with Gasteiger partial charge in [-0.1, -0.05) is 49.1 Å². The minimum Gasteiger partial charge on any atom is -0.505 e. The van der Waals surface area contributed by atoms with Crippen LogP contribution in [0.1, 0.15) is 54.8 Å². The molecule has 31 heavy (non-hydrogen) atoms. The van der Waals surface area contributed by atoms with E-state index >= 15 is 0 Å². The highest BCUT2D eigenvalue weighted by molar-refractivity contribution is 5.94. The Bertz CT molecular complexity index is 1120. The Hall–Kier alpha value is -3.48. The van der Waals surface area contributed by atoms with Crippen molar-refractivity contribution in [1.82, 2.24) is 10.3 Å². The average molecular weight is 419 g/mol. The summed E-state index contributed by atoms with van der Waals surface area (Å²) in [6, 6.07) is 11.4. The molecule has 4 rings (SSSR count). The summed E-state index contributed by atoms with van der Waals surface area (Å²) in [5.41, 5.74) is 2.06. The third-order valence-corrected chi connectivity index (χ3v) is 6.05. The van der Waals surface area contributed by atoms with Crippen molar-refractivity contribution in [3.8, 4) is 5.75 Å². The maximum atomic E-state index is 13.1. The zero-order valence-electron chi connectivity index (χ0n) is 17.4. The van der Waals surface area contributed by atoms with Gasteiger partial charge in [-0.3, -0.25) is 19.9 Å². The van der Waals surface area contributed by atoms with Crippen LogP contribution in [0.3, 0.4) is 0 Å². The summed E-state index contributed by atoms with van der Waals surface area (Å²) >= 11 is 0. The molecule has 7 nitrogen and oxygen atoms in total. The Morgan fingerprint density at radius 2 is 1.90 bits per heavy atom. The summed E-state index contributed by atoms with van der Waals surface area (Å²) in [5, 5.41) is 26.1. The van der Waals surface area contributed by atoms with Crippen molar-refractivity contribution >= 4 is 22.5 Å². The van der Waals surface area contributed by atoms with Gasteiger partial charge in [0.25, 0.3) is 5.69 Å². The number of benzene rings is 2. The van der Waals surface area contributed by atoms with Crippen molar-refractivity contribution in [2.24, 2.45) is 5.92 Å². The molecule has 1 saturated carbocycles. The third-order valence-electron chi connectivity index (χ3n) is 6.05. The summed E-state index contributed by atoms with van der Waals surface area (Å²) in [6.07, 6.45) is 6.31. The summed E-state index contributed by atoms with van der Waals surface area (Å²) in [7, 11) is 0. The largest absolute Gasteiger partial charge is 0.505 e. The lowest BCUT2D eigenvalue weighted by Gasteiger charge is -2.26. The van der Waals surface area contributed by atoms with Gasteiger partial charge in [0.05, 0.1) is 16.4 Å². The zero-order chi connectivity index (χ0) is 22.0. The number of non-ortho nitro benzene ring substituents is 1. The van der Waals surface area contributed by atoms with Crippen molar-refractivity contribution in [3.05, 3.63) is 75.5 Å². The van der Waals surface area contributed by atoms with Crippen molar-refractivity contribution in [2.75, 3.05) is 0 Å². The van der Waals surface area contributed by atoms with Gasteiger partial charge in [-0.15, -0.1) is 0 Å². The number of carbonyl (C=O) groups is 1. The highest BCUT2D eigenvalue weighted by Crippen LogP contribution is 2.40. The van der Waals surface area contributed by atoms with E-state index in [9.17, 15) is 20.0 Å². The number of nitro groups is 1. The van der Waals surface area contributed by atoms with Gasteiger partial charge in [-0.2, -0.15) is 0 Å². The first-order chi connectivity index (χ1) is 15.0. The lowest BCUT2D eigenvalue weighted by atomic mass is 9.87. The van der Waals surface area contributed by atoms with Crippen molar-refractivity contribution in [3.63, 3.8) is 0 Å². The second kappa shape index (κ2) is 8.71. The molecule has 1 fully saturated rings. The number of nitrogens with zero attached hydrogens (tertiary/aromatic N) is 2. The van der Waals surface area contributed by atoms with Crippen LogP contribution >= 0.6 is 0 Å². The van der Waals surface area contributed by atoms with Gasteiger partial charge in [0.15, 0.2) is 0 Å². The molecule has 7 heteroatoms. The fraction of sp³-hybridized carbons (Fsp3) is 0.333. The van der Waals surface area contributed by atoms with E-state index < -0.39 is 11.0 Å². The van der Waals surface area contributed by atoms with Gasteiger partial charge in [0.2, 0.25) is 5.91 Å². The number of hydrogen-bond donors (Lipinski definition) is 2. The number of pyridine rings is 1. The summed E-state index contributed by atoms with van der Waals surface area (Å²) in [4.78, 5) is 28.5. The number of hydrogen-bond acceptors (Lipinski definition) is 5. The maximum Gasteiger partial charge on any atom is 0.279 e. The number of phenols is 1. The molecule has 0 spiro atoms. The highest BCUT2D eigenvalue weighted by Gasteiger charge is 2.29. The summed E-state index contributed by atoms with van der Waals surface area (Å²) in [6.45, 7) is 1.96. The van der Waals surface area contributed by atoms with E-state index in [-0.39, 0.29) is 39.7 Å². The third kappa shape index (κ3) is 4.21. The molecule has 1 atom stereocenters. The highest BCUT2D eigenvalue weighted by atomic mass is 16.6. The van der Waals surface area contributed by atoms with Gasteiger partial charge in [0.1, 0.15) is 11.3 Å². The fourth-order valence-corrected chi connectivity index (χ4v) is 4.33. The topological polar surface area (TPSA) is 105 Å². The Morgan fingerprint density at radius 3 is 2.58 bits per heavy atom. The first-order valence-electron chi connectivity index (χ1n) is 10.6. The number of aromatic hydroxyl groups is 1. The van der Waals surface area contributed by atoms with E-state index in [1.165, 1.54) is 12.3 Å². The Balaban J connectivity index is 1.83. The van der Waals surface area contributed by atoms with Crippen LogP contribution in [0.5, 0.6) is 5.75 Å². The smallest absolute Gasteiger partial charge is 0.279 e. The molecule has 1 heterocycles. The summed E-state index contributed by atoms with van der Waals surface area (Å²) in [5.74, 6) is -0.332. The van der Waals surface area contributed by atoms with Crippen LogP contribution in [0, 0.1) is 23.0 Å². The van der Waals surface area contributed by atoms with E-state index in [0.29, 0.717) is 0 Å². The molecule has 1 aromatic heterocycles. The van der Waals surface area contributed by atoms with Crippen LogP contribution in [-0.4, -0.2) is 20.9 Å². The number of carbonyl (C=O) groups excluding carboxylic acids is 1. The molecule has 1 amide bonds. The second-order valence-electron chi connectivity index (χ2n) is 8.18. The number of nitro benzene ring substituents is 1. The van der Waals surface area contributed by atoms with Gasteiger partial charge in [-0.25, -0.2) is 0 Å². The van der Waals surface area contributed by atoms with Crippen molar-refractivity contribution < 1.29 is 14.8 Å². The first-order valence-corrected chi connectivity index (χ1v) is 10.6. The SMILES string of the molecule is Cc1ccc([C@@H](NC(=O)C2CCCCC2)c2cc([N+](=O)[O-])c3cccnc3c2O)cc1. The zero-order valence-corrected chi connectivity index (χ0v) is 17.4. The number of aromatic nitrogens is 1. The Kier molecular flexibility index (Phi) is 5.84. The molecule has 1 aliphatic carbocycles. The van der Waals surface area contributed by atoms with E-state index in [1.807, 2.05) is 31.2 Å². The minimum atomic E-state index is -0.722. The molecule has 2 aromatic carbocycles. The maximum absolute atomic E-state index is 13.1. The number of amides is 1. The van der Waals surface area contributed by atoms with E-state index in [0.717, 1.165) is 43.2 Å². The van der Waals surface area contributed by atoms with Gasteiger partial charge >= 0.3 is 0 Å². The molecule has 0 radical (unpaired) electrons. The number of phenolic OH excluding ortho intramolecular Hbond substituents is 1. The normalized spacial score (nSPS) is 15.5. The first kappa shape index (κ1) is 20.8. The number of rotatable bonds is 5. The number of nitrogens with one attached hydrogen (secondary N) is 1. The molecule has 0 aliphatic heterocycles. The van der Waals surface area contributed by atoms with Crippen molar-refractivity contribution in [1.29, 1.82) is 0 Å². The molecule has 1 aliphatic rings. The monoisotopic (exact) mass is 419 g/mol. The molecular formula is C24H25N3O4. The van der Waals surface area contributed by atoms with Crippen LogP contribution in [-0.2, 0) is 4.79 Å². The van der Waals surface area contributed by atoms with Gasteiger partial charge in [-0.05, 0) is 37.5 Å². The van der Waals surface area contributed by atoms with Crippen LogP contribution in [0.2, 0.25) is 0 Å². The Morgan fingerprint density at radius 1 is 1.19 bits per heavy atom. The average Bonchev–Trinajstić information content (AvgIpc) is 2.79. The standard InChI is InChI=1S/C24H25N3O4/c1-15-9-11-16(12-10-15)21(26-24(29)17-6-3-2-4-7-17)19-14-20(27(30)31)18-8-5-13-25-22(18)23(19)28/h5,8-14,17,21,28H,2-4,6-7H2,1H3,(H,26,29)/t21-/m1/s1. The molecule has 0 saturated heterocycles. The van der Waals surface area contributed by atoms with Crippen LogP contribution in [0.4, 0.5) is 5.69 Å². The molecule has 0 bridgehead atoms. The molecule has 2 N–H and O–H groups in total. The quantitative estimate of drug-likeness (QED) is 0.450. The number of fused-ring (bicyclic) bond motifs is 1. The van der Waals surface area contributed by atoms with E-state index in [1.54, 1.807) is 12.1 Å². The van der Waals surface area contributed by atoms with Gasteiger partial charge in [0, 0.05) is 23.7 Å². The molecule has 160 valence electrons. The lowest BCUT2D eigenvalue weighted by molar-refractivity contribution is -0.383. The molecule has 0 unspecified atom stereocenters. The predicted molar refractivity (Wildman–Crippen MR) is 118 cm³/mol. The van der Waals surface area contributed by atoms with Crippen LogP contribution < -0.4 is 5.32 Å². The fourth-order valence-electron chi connectivity index (χ4n) is 4.33. The van der Waals surface area contributed by atoms with Crippen LogP contribution in [0.25, 0.3) is 10.9 Å². The minimum absolute atomic E-state index is 0.0857. The predicted octanol–water partition coefficient (Wildman–Crippen LogP) is 4.94. The lowest BCUT2D eigenvalue weighted by Crippen LogP contribution is -2.35. The van der Waals surface area contributed by atoms with E-state index in [2.05, 4.69) is 10.3 Å². The second-order valence-corrected chi connectivity index (χ2v) is 8.18.